The molecule has 0 bridgehead atoms. The van der Waals surface area contributed by atoms with Gasteiger partial charge < -0.3 is 20.1 Å². The van der Waals surface area contributed by atoms with E-state index in [4.69, 9.17) is 15.2 Å². The van der Waals surface area contributed by atoms with Crippen LogP contribution in [0.25, 0.3) is 0 Å². The molecule has 2 N–H and O–H groups in total. The van der Waals surface area contributed by atoms with E-state index in [1.54, 1.807) is 12.1 Å². The minimum absolute atomic E-state index is 0. The van der Waals surface area contributed by atoms with Crippen molar-refractivity contribution in [3.8, 4) is 11.5 Å². The third-order valence-electron chi connectivity index (χ3n) is 3.81. The zero-order valence-electron chi connectivity index (χ0n) is 12.0. The number of anilines is 1. The fraction of sp³-hybridized carbons (Fsp3) is 0.500. The number of benzene rings is 1. The van der Waals surface area contributed by atoms with E-state index in [9.17, 15) is 4.79 Å². The van der Waals surface area contributed by atoms with Gasteiger partial charge in [-0.15, -0.1) is 12.4 Å². The molecule has 0 radical (unpaired) electrons. The Bertz CT molecular complexity index is 530. The minimum Gasteiger partial charge on any atom is -0.454 e. The second kappa shape index (κ2) is 6.51. The Morgan fingerprint density at radius 2 is 1.81 bits per heavy atom. The molecule has 0 amide bonds. The summed E-state index contributed by atoms with van der Waals surface area (Å²) >= 11 is 0. The number of rotatable bonds is 3. The number of nitrogens with two attached hydrogens (primary N) is 1. The summed E-state index contributed by atoms with van der Waals surface area (Å²) in [6.45, 7) is 4.38. The van der Waals surface area contributed by atoms with Crippen LogP contribution < -0.4 is 15.2 Å². The molecule has 1 aromatic carbocycles. The Balaban J connectivity index is 0.00000161. The van der Waals surface area contributed by atoms with Crippen molar-refractivity contribution >= 4 is 23.9 Å². The van der Waals surface area contributed by atoms with E-state index in [-0.39, 0.29) is 25.0 Å². The van der Waals surface area contributed by atoms with Crippen LogP contribution in [0.2, 0.25) is 0 Å². The molecule has 1 aromatic rings. The van der Waals surface area contributed by atoms with E-state index < -0.39 is 0 Å². The number of hydrogen-bond acceptors (Lipinski definition) is 6. The predicted octanol–water partition coefficient (Wildman–Crippen LogP) is 0.849. The Morgan fingerprint density at radius 3 is 2.48 bits per heavy atom. The number of hydrogen-bond donors (Lipinski definition) is 1. The molecule has 6 nitrogen and oxygen atoms in total. The standard InChI is InChI=1S/C14H19N3O3.ClH/c1-16-2-4-17(5-3-16)8-12(18)10-6-13-14(7-11(10)15)20-9-19-13;/h6-7H,2-5,8-9,15H2,1H3;1H. The van der Waals surface area contributed by atoms with Gasteiger partial charge in [0.15, 0.2) is 17.3 Å². The topological polar surface area (TPSA) is 68.0 Å². The van der Waals surface area contributed by atoms with Crippen molar-refractivity contribution < 1.29 is 14.3 Å². The van der Waals surface area contributed by atoms with E-state index in [1.165, 1.54) is 0 Å². The maximum Gasteiger partial charge on any atom is 0.231 e. The maximum atomic E-state index is 12.4. The quantitative estimate of drug-likeness (QED) is 0.659. The molecule has 0 spiro atoms. The third kappa shape index (κ3) is 3.40. The average Bonchev–Trinajstić information content (AvgIpc) is 2.87. The summed E-state index contributed by atoms with van der Waals surface area (Å²) < 4.78 is 10.5. The number of likely N-dealkylation sites (N-methyl/N-ethyl adjacent to an activating group) is 1. The molecule has 2 heterocycles. The van der Waals surface area contributed by atoms with E-state index in [2.05, 4.69) is 16.8 Å². The van der Waals surface area contributed by atoms with Crippen LogP contribution in [-0.2, 0) is 0 Å². The van der Waals surface area contributed by atoms with E-state index in [0.29, 0.717) is 29.3 Å². The van der Waals surface area contributed by atoms with E-state index >= 15 is 0 Å². The lowest BCUT2D eigenvalue weighted by Gasteiger charge is -2.31. The Morgan fingerprint density at radius 1 is 1.19 bits per heavy atom. The molecule has 0 atom stereocenters. The Kier molecular flexibility index (Phi) is 4.92. The number of nitrogen functional groups attached to an aromatic ring is 1. The van der Waals surface area contributed by atoms with Crippen molar-refractivity contribution in [2.45, 2.75) is 0 Å². The van der Waals surface area contributed by atoms with Crippen LogP contribution in [0.1, 0.15) is 10.4 Å². The molecule has 116 valence electrons. The van der Waals surface area contributed by atoms with Gasteiger partial charge in [-0.1, -0.05) is 0 Å². The molecular weight excluding hydrogens is 294 g/mol. The second-order valence-corrected chi connectivity index (χ2v) is 5.30. The SMILES string of the molecule is CN1CCN(CC(=O)c2cc3c(cc2N)OCO3)CC1.Cl. The normalized spacial score (nSPS) is 18.3. The van der Waals surface area contributed by atoms with Crippen LogP contribution in [0.15, 0.2) is 12.1 Å². The van der Waals surface area contributed by atoms with Crippen molar-refractivity contribution in [2.24, 2.45) is 0 Å². The van der Waals surface area contributed by atoms with Gasteiger partial charge in [0.05, 0.1) is 6.54 Å². The van der Waals surface area contributed by atoms with Gasteiger partial charge in [0.1, 0.15) is 0 Å². The Labute approximate surface area is 130 Å². The largest absolute Gasteiger partial charge is 0.454 e. The molecule has 0 saturated carbocycles. The first-order valence-electron chi connectivity index (χ1n) is 6.77. The molecule has 7 heteroatoms. The number of piperazine rings is 1. The molecule has 3 rings (SSSR count). The number of ether oxygens (including phenoxy) is 2. The summed E-state index contributed by atoms with van der Waals surface area (Å²) in [4.78, 5) is 16.8. The molecule has 2 aliphatic rings. The number of fused-ring (bicyclic) bond motifs is 1. The smallest absolute Gasteiger partial charge is 0.231 e. The summed E-state index contributed by atoms with van der Waals surface area (Å²) in [6.07, 6.45) is 0. The molecule has 21 heavy (non-hydrogen) atoms. The van der Waals surface area contributed by atoms with Crippen LogP contribution in [0, 0.1) is 0 Å². The van der Waals surface area contributed by atoms with Crippen molar-refractivity contribution in [3.63, 3.8) is 0 Å². The van der Waals surface area contributed by atoms with Crippen LogP contribution in [0.4, 0.5) is 5.69 Å². The highest BCUT2D eigenvalue weighted by Crippen LogP contribution is 2.36. The van der Waals surface area contributed by atoms with Crippen LogP contribution in [0.3, 0.4) is 0 Å². The maximum absolute atomic E-state index is 12.4. The Hall–Kier alpha value is -1.50. The van der Waals surface area contributed by atoms with E-state index in [1.807, 2.05) is 0 Å². The van der Waals surface area contributed by atoms with Gasteiger partial charge in [-0.25, -0.2) is 0 Å². The van der Waals surface area contributed by atoms with Gasteiger partial charge in [0, 0.05) is 43.5 Å². The summed E-state index contributed by atoms with van der Waals surface area (Å²) in [7, 11) is 2.09. The van der Waals surface area contributed by atoms with Crippen molar-refractivity contribution in [1.29, 1.82) is 0 Å². The zero-order chi connectivity index (χ0) is 14.1. The highest BCUT2D eigenvalue weighted by atomic mass is 35.5. The zero-order valence-corrected chi connectivity index (χ0v) is 12.8. The lowest BCUT2D eigenvalue weighted by Crippen LogP contribution is -2.46. The molecule has 0 aromatic heterocycles. The number of ketones is 1. The highest BCUT2D eigenvalue weighted by Gasteiger charge is 2.22. The third-order valence-corrected chi connectivity index (χ3v) is 3.81. The molecular formula is C14H20ClN3O3. The number of carbonyl (C=O) groups excluding carboxylic acids is 1. The van der Waals surface area contributed by atoms with Gasteiger partial charge in [0.2, 0.25) is 6.79 Å². The van der Waals surface area contributed by atoms with Gasteiger partial charge in [-0.05, 0) is 13.1 Å². The molecule has 1 fully saturated rings. The van der Waals surface area contributed by atoms with E-state index in [0.717, 1.165) is 26.2 Å². The van der Waals surface area contributed by atoms with Crippen LogP contribution >= 0.6 is 12.4 Å². The second-order valence-electron chi connectivity index (χ2n) is 5.30. The number of Topliss-reactive ketones (excluding diaryl/α,β-unsaturated/α-hetero) is 1. The lowest BCUT2D eigenvalue weighted by atomic mass is 10.1. The highest BCUT2D eigenvalue weighted by molar-refractivity contribution is 6.03. The summed E-state index contributed by atoms with van der Waals surface area (Å²) in [5.74, 6) is 1.24. The number of carbonyl (C=O) groups is 1. The summed E-state index contributed by atoms with van der Waals surface area (Å²) in [5.41, 5.74) is 6.91. The minimum atomic E-state index is 0. The van der Waals surface area contributed by atoms with Crippen molar-refractivity contribution in [2.75, 3.05) is 52.3 Å². The summed E-state index contributed by atoms with van der Waals surface area (Å²) in [6, 6.07) is 3.36. The van der Waals surface area contributed by atoms with Crippen molar-refractivity contribution in [1.82, 2.24) is 9.80 Å². The monoisotopic (exact) mass is 313 g/mol. The van der Waals surface area contributed by atoms with Gasteiger partial charge in [0.25, 0.3) is 0 Å². The first-order valence-corrected chi connectivity index (χ1v) is 6.77. The average molecular weight is 314 g/mol. The molecule has 1 saturated heterocycles. The molecule has 0 aliphatic carbocycles. The first kappa shape index (κ1) is 15.9. The molecule has 2 aliphatic heterocycles. The fourth-order valence-corrected chi connectivity index (χ4v) is 2.49. The van der Waals surface area contributed by atoms with Crippen molar-refractivity contribution in [3.05, 3.63) is 17.7 Å². The first-order chi connectivity index (χ1) is 9.63. The number of nitrogens with zero attached hydrogens (tertiary/aromatic N) is 2. The van der Waals surface area contributed by atoms with Gasteiger partial charge in [-0.2, -0.15) is 0 Å². The molecule has 0 unspecified atom stereocenters. The lowest BCUT2D eigenvalue weighted by molar-refractivity contribution is 0.0877. The van der Waals surface area contributed by atoms with Gasteiger partial charge in [-0.3, -0.25) is 9.69 Å². The number of halogens is 1. The van der Waals surface area contributed by atoms with Crippen LogP contribution in [-0.4, -0.2) is 62.1 Å². The predicted molar refractivity (Wildman–Crippen MR) is 82.5 cm³/mol. The summed E-state index contributed by atoms with van der Waals surface area (Å²) in [5, 5.41) is 0. The van der Waals surface area contributed by atoms with Gasteiger partial charge >= 0.3 is 0 Å². The van der Waals surface area contributed by atoms with Crippen LogP contribution in [0.5, 0.6) is 11.5 Å². The fourth-order valence-electron chi connectivity index (χ4n) is 2.49.